The molecule has 2 atom stereocenters. The molecule has 2 rings (SSSR count). The summed E-state index contributed by atoms with van der Waals surface area (Å²) in [7, 11) is 1.46. The Hall–Kier alpha value is -0.610. The fraction of sp³-hybridized carbons (Fsp3) is 0.929. The summed E-state index contributed by atoms with van der Waals surface area (Å²) < 4.78 is 11.0. The van der Waals surface area contributed by atoms with E-state index in [1.807, 2.05) is 0 Å². The molecule has 4 heteroatoms. The Morgan fingerprint density at radius 1 is 1.28 bits per heavy atom. The van der Waals surface area contributed by atoms with Crippen molar-refractivity contribution in [2.24, 2.45) is 0 Å². The summed E-state index contributed by atoms with van der Waals surface area (Å²) in [5, 5.41) is 3.39. The molecule has 1 N–H and O–H groups in total. The van der Waals surface area contributed by atoms with Crippen molar-refractivity contribution in [3.8, 4) is 0 Å². The van der Waals surface area contributed by atoms with Gasteiger partial charge in [0.05, 0.1) is 19.3 Å². The molecule has 0 heterocycles. The van der Waals surface area contributed by atoms with E-state index >= 15 is 0 Å². The summed E-state index contributed by atoms with van der Waals surface area (Å²) in [6.07, 6.45) is 6.79. The van der Waals surface area contributed by atoms with Crippen molar-refractivity contribution >= 4 is 5.97 Å². The largest absolute Gasteiger partial charge is 0.468 e. The van der Waals surface area contributed by atoms with Crippen LogP contribution in [0, 0.1) is 0 Å². The highest BCUT2D eigenvalue weighted by Crippen LogP contribution is 2.36. The van der Waals surface area contributed by atoms with Crippen molar-refractivity contribution < 1.29 is 14.3 Å². The van der Waals surface area contributed by atoms with Crippen LogP contribution in [0.15, 0.2) is 0 Å². The summed E-state index contributed by atoms with van der Waals surface area (Å²) in [5.41, 5.74) is -0.530. The van der Waals surface area contributed by atoms with E-state index in [0.717, 1.165) is 19.3 Å². The quantitative estimate of drug-likeness (QED) is 0.764. The first-order valence-corrected chi connectivity index (χ1v) is 7.07. The number of carbonyl (C=O) groups excluding carboxylic acids is 1. The Bertz CT molecular complexity index is 301. The van der Waals surface area contributed by atoms with Gasteiger partial charge in [-0.1, -0.05) is 0 Å². The van der Waals surface area contributed by atoms with E-state index in [9.17, 15) is 4.79 Å². The summed E-state index contributed by atoms with van der Waals surface area (Å²) in [5.74, 6) is -0.143. The van der Waals surface area contributed by atoms with Gasteiger partial charge in [0.25, 0.3) is 0 Å². The van der Waals surface area contributed by atoms with Gasteiger partial charge in [0.15, 0.2) is 0 Å². The molecule has 2 fully saturated rings. The van der Waals surface area contributed by atoms with Crippen molar-refractivity contribution in [2.45, 2.75) is 76.2 Å². The molecule has 0 saturated heterocycles. The van der Waals surface area contributed by atoms with E-state index in [1.54, 1.807) is 0 Å². The van der Waals surface area contributed by atoms with Crippen LogP contribution in [-0.2, 0) is 14.3 Å². The van der Waals surface area contributed by atoms with Crippen molar-refractivity contribution in [1.82, 2.24) is 5.32 Å². The minimum atomic E-state index is -0.530. The Balaban J connectivity index is 1.96. The van der Waals surface area contributed by atoms with Gasteiger partial charge in [-0.3, -0.25) is 10.1 Å². The second-order valence-corrected chi connectivity index (χ2v) is 5.93. The Kier molecular flexibility index (Phi) is 4.28. The maximum Gasteiger partial charge on any atom is 0.326 e. The van der Waals surface area contributed by atoms with Crippen molar-refractivity contribution in [2.75, 3.05) is 7.11 Å². The van der Waals surface area contributed by atoms with Crippen molar-refractivity contribution in [3.05, 3.63) is 0 Å². The average Bonchev–Trinajstić information content (AvgIpc) is 2.66. The highest BCUT2D eigenvalue weighted by atomic mass is 16.5. The molecule has 0 spiro atoms. The second kappa shape index (κ2) is 5.57. The smallest absolute Gasteiger partial charge is 0.326 e. The molecule has 0 aromatic carbocycles. The monoisotopic (exact) mass is 255 g/mol. The number of hydrogen-bond acceptors (Lipinski definition) is 4. The molecule has 0 radical (unpaired) electrons. The van der Waals surface area contributed by atoms with E-state index in [1.165, 1.54) is 26.4 Å². The molecule has 2 unspecified atom stereocenters. The van der Waals surface area contributed by atoms with Crippen LogP contribution in [0.1, 0.15) is 52.4 Å². The number of ether oxygens (including phenoxy) is 2. The zero-order chi connectivity index (χ0) is 13.2. The SMILES string of the molecule is COC(=O)C1(NC(C)C)CCC(OC2CCC2)C1. The zero-order valence-electron chi connectivity index (χ0n) is 11.7. The molecular weight excluding hydrogens is 230 g/mol. The highest BCUT2D eigenvalue weighted by Gasteiger charge is 2.47. The molecule has 18 heavy (non-hydrogen) atoms. The third-order valence-electron chi connectivity index (χ3n) is 4.05. The van der Waals surface area contributed by atoms with Crippen LogP contribution in [0.5, 0.6) is 0 Å². The fourth-order valence-electron chi connectivity index (χ4n) is 3.02. The van der Waals surface area contributed by atoms with E-state index in [2.05, 4.69) is 19.2 Å². The van der Waals surface area contributed by atoms with Crippen LogP contribution in [-0.4, -0.2) is 36.9 Å². The lowest BCUT2D eigenvalue weighted by Crippen LogP contribution is -2.54. The summed E-state index contributed by atoms with van der Waals surface area (Å²) in [4.78, 5) is 12.0. The Morgan fingerprint density at radius 3 is 2.50 bits per heavy atom. The number of methoxy groups -OCH3 is 1. The third kappa shape index (κ3) is 2.86. The molecule has 4 nitrogen and oxygen atoms in total. The van der Waals surface area contributed by atoms with E-state index < -0.39 is 5.54 Å². The summed E-state index contributed by atoms with van der Waals surface area (Å²) >= 11 is 0. The number of esters is 1. The molecule has 0 amide bonds. The van der Waals surface area contributed by atoms with Gasteiger partial charge in [0.1, 0.15) is 5.54 Å². The molecule has 0 aromatic rings. The topological polar surface area (TPSA) is 47.6 Å². The van der Waals surface area contributed by atoms with Crippen LogP contribution < -0.4 is 5.32 Å². The van der Waals surface area contributed by atoms with Crippen LogP contribution in [0.3, 0.4) is 0 Å². The van der Waals surface area contributed by atoms with Crippen LogP contribution >= 0.6 is 0 Å². The predicted octanol–water partition coefficient (Wildman–Crippen LogP) is 2.02. The lowest BCUT2D eigenvalue weighted by atomic mass is 9.95. The minimum absolute atomic E-state index is 0.143. The van der Waals surface area contributed by atoms with Crippen molar-refractivity contribution in [1.29, 1.82) is 0 Å². The molecule has 2 aliphatic rings. The maximum atomic E-state index is 12.0. The van der Waals surface area contributed by atoms with Gasteiger partial charge >= 0.3 is 5.97 Å². The second-order valence-electron chi connectivity index (χ2n) is 5.93. The molecule has 0 aliphatic heterocycles. The highest BCUT2D eigenvalue weighted by molar-refractivity contribution is 5.81. The van der Waals surface area contributed by atoms with Gasteiger partial charge in [-0.25, -0.2) is 0 Å². The Labute approximate surface area is 109 Å². The van der Waals surface area contributed by atoms with E-state index in [0.29, 0.717) is 6.10 Å². The van der Waals surface area contributed by atoms with Gasteiger partial charge in [-0.15, -0.1) is 0 Å². The molecular formula is C14H25NO3. The third-order valence-corrected chi connectivity index (χ3v) is 4.05. The molecule has 2 saturated carbocycles. The first-order chi connectivity index (χ1) is 8.55. The standard InChI is InChI=1S/C14H25NO3/c1-10(2)15-14(13(16)17-3)8-7-12(9-14)18-11-5-4-6-11/h10-12,15H,4-9H2,1-3H3. The molecule has 2 aliphatic carbocycles. The van der Waals surface area contributed by atoms with Crippen LogP contribution in [0.25, 0.3) is 0 Å². The first kappa shape index (κ1) is 13.8. The minimum Gasteiger partial charge on any atom is -0.468 e. The predicted molar refractivity (Wildman–Crippen MR) is 69.4 cm³/mol. The van der Waals surface area contributed by atoms with Crippen LogP contribution in [0.2, 0.25) is 0 Å². The van der Waals surface area contributed by atoms with E-state index in [-0.39, 0.29) is 18.1 Å². The van der Waals surface area contributed by atoms with E-state index in [4.69, 9.17) is 9.47 Å². The first-order valence-electron chi connectivity index (χ1n) is 7.07. The van der Waals surface area contributed by atoms with Crippen LogP contribution in [0.4, 0.5) is 0 Å². The van der Waals surface area contributed by atoms with Gasteiger partial charge in [0.2, 0.25) is 0 Å². The fourth-order valence-corrected chi connectivity index (χ4v) is 3.02. The van der Waals surface area contributed by atoms with Gasteiger partial charge in [0, 0.05) is 12.5 Å². The zero-order valence-corrected chi connectivity index (χ0v) is 11.7. The number of rotatable bonds is 5. The van der Waals surface area contributed by atoms with Crippen molar-refractivity contribution in [3.63, 3.8) is 0 Å². The lowest BCUT2D eigenvalue weighted by Gasteiger charge is -2.32. The Morgan fingerprint density at radius 2 is 2.00 bits per heavy atom. The van der Waals surface area contributed by atoms with Gasteiger partial charge in [-0.05, 0) is 46.0 Å². The molecule has 0 bridgehead atoms. The summed E-state index contributed by atoms with van der Waals surface area (Å²) in [6.45, 7) is 4.12. The lowest BCUT2D eigenvalue weighted by molar-refractivity contribution is -0.149. The summed E-state index contributed by atoms with van der Waals surface area (Å²) in [6, 6.07) is 0.270. The molecule has 104 valence electrons. The van der Waals surface area contributed by atoms with Gasteiger partial charge < -0.3 is 9.47 Å². The van der Waals surface area contributed by atoms with Gasteiger partial charge in [-0.2, -0.15) is 0 Å². The number of nitrogens with one attached hydrogen (secondary N) is 1. The molecule has 0 aromatic heterocycles. The normalized spacial score (nSPS) is 32.6. The number of hydrogen-bond donors (Lipinski definition) is 1. The number of carbonyl (C=O) groups is 1. The maximum absolute atomic E-state index is 12.0. The average molecular weight is 255 g/mol.